The Kier molecular flexibility index (Phi) is 6.09. The maximum atomic E-state index is 13.8. The minimum atomic E-state index is -0.533. The molecule has 0 radical (unpaired) electrons. The van der Waals surface area contributed by atoms with Crippen LogP contribution in [0, 0.1) is 11.6 Å². The Balaban J connectivity index is 1.22. The van der Waals surface area contributed by atoms with E-state index in [2.05, 4.69) is 10.3 Å². The number of hydrogen-bond acceptors (Lipinski definition) is 6. The number of carbonyl (C=O) groups is 1. The van der Waals surface area contributed by atoms with Gasteiger partial charge in [-0.3, -0.25) is 4.79 Å². The van der Waals surface area contributed by atoms with E-state index in [9.17, 15) is 13.6 Å². The van der Waals surface area contributed by atoms with Crippen LogP contribution in [0.5, 0.6) is 17.2 Å². The first-order valence-electron chi connectivity index (χ1n) is 10.3. The van der Waals surface area contributed by atoms with Gasteiger partial charge in [-0.15, -0.1) is 11.3 Å². The molecule has 4 aromatic rings. The Morgan fingerprint density at radius 1 is 1.06 bits per heavy atom. The highest BCUT2D eigenvalue weighted by atomic mass is 32.1. The number of nitrogens with zero attached hydrogens (tertiary/aromatic N) is 1. The van der Waals surface area contributed by atoms with E-state index in [4.69, 9.17) is 14.2 Å². The van der Waals surface area contributed by atoms with E-state index in [0.29, 0.717) is 34.5 Å². The maximum absolute atomic E-state index is 13.8. The van der Waals surface area contributed by atoms with Gasteiger partial charge < -0.3 is 19.5 Å². The molecule has 0 bridgehead atoms. The van der Waals surface area contributed by atoms with Crippen LogP contribution in [0.15, 0.2) is 66.0 Å². The molecule has 9 heteroatoms. The maximum Gasteiger partial charge on any atom is 0.271 e. The first-order valence-corrected chi connectivity index (χ1v) is 11.2. The van der Waals surface area contributed by atoms with Crippen molar-refractivity contribution < 1.29 is 27.8 Å². The van der Waals surface area contributed by atoms with Crippen molar-refractivity contribution in [1.82, 2.24) is 10.3 Å². The molecule has 1 N–H and O–H groups in total. The van der Waals surface area contributed by atoms with Gasteiger partial charge in [0.15, 0.2) is 11.5 Å². The minimum Gasteiger partial charge on any atom is -0.489 e. The Hall–Kier alpha value is -3.98. The van der Waals surface area contributed by atoms with E-state index in [1.165, 1.54) is 11.3 Å². The number of fused-ring (bicyclic) bond motifs is 1. The zero-order valence-corrected chi connectivity index (χ0v) is 18.5. The fraction of sp³-hybridized carbons (Fsp3) is 0.120. The minimum absolute atomic E-state index is 0.113. The summed E-state index contributed by atoms with van der Waals surface area (Å²) in [6, 6.07) is 15.8. The van der Waals surface area contributed by atoms with Crippen LogP contribution in [0.3, 0.4) is 0 Å². The SMILES string of the molecule is O=C(NCc1ccc2c(c1)OCO2)c1csc(-c2cccc(OCc3cc(F)ccc3F)c2)n1. The van der Waals surface area contributed by atoms with Gasteiger partial charge >= 0.3 is 0 Å². The molecule has 0 spiro atoms. The van der Waals surface area contributed by atoms with Gasteiger partial charge in [0.1, 0.15) is 34.7 Å². The second-order valence-electron chi connectivity index (χ2n) is 7.46. The highest BCUT2D eigenvalue weighted by Crippen LogP contribution is 2.32. The van der Waals surface area contributed by atoms with Crippen LogP contribution in [-0.2, 0) is 13.2 Å². The van der Waals surface area contributed by atoms with E-state index in [-0.39, 0.29) is 24.9 Å². The molecule has 0 atom stereocenters. The molecule has 2 heterocycles. The average molecular weight is 480 g/mol. The summed E-state index contributed by atoms with van der Waals surface area (Å²) >= 11 is 1.32. The number of aromatic nitrogens is 1. The van der Waals surface area contributed by atoms with Crippen LogP contribution in [0.4, 0.5) is 8.78 Å². The van der Waals surface area contributed by atoms with Gasteiger partial charge in [-0.05, 0) is 48.0 Å². The lowest BCUT2D eigenvalue weighted by Gasteiger charge is -2.08. The molecular formula is C25H18F2N2O4S. The van der Waals surface area contributed by atoms with E-state index >= 15 is 0 Å². The Bertz CT molecular complexity index is 1360. The Morgan fingerprint density at radius 3 is 2.85 bits per heavy atom. The van der Waals surface area contributed by atoms with Gasteiger partial charge in [0.2, 0.25) is 6.79 Å². The van der Waals surface area contributed by atoms with Gasteiger partial charge in [0.05, 0.1) is 0 Å². The van der Waals surface area contributed by atoms with E-state index in [1.807, 2.05) is 24.3 Å². The first kappa shape index (κ1) is 21.8. The number of rotatable bonds is 7. The topological polar surface area (TPSA) is 69.7 Å². The lowest BCUT2D eigenvalue weighted by atomic mass is 10.2. The molecule has 3 aromatic carbocycles. The summed E-state index contributed by atoms with van der Waals surface area (Å²) in [5.74, 6) is 0.463. The fourth-order valence-electron chi connectivity index (χ4n) is 3.37. The van der Waals surface area contributed by atoms with E-state index < -0.39 is 11.6 Å². The second-order valence-corrected chi connectivity index (χ2v) is 8.32. The summed E-state index contributed by atoms with van der Waals surface area (Å²) in [7, 11) is 0. The summed E-state index contributed by atoms with van der Waals surface area (Å²) < 4.78 is 43.5. The zero-order chi connectivity index (χ0) is 23.5. The van der Waals surface area contributed by atoms with Crippen molar-refractivity contribution in [3.8, 4) is 27.8 Å². The van der Waals surface area contributed by atoms with Crippen molar-refractivity contribution in [2.24, 2.45) is 0 Å². The first-order chi connectivity index (χ1) is 16.5. The molecule has 6 nitrogen and oxygen atoms in total. The third kappa shape index (κ3) is 4.84. The predicted octanol–water partition coefficient (Wildman–Crippen LogP) is 5.33. The molecule has 172 valence electrons. The van der Waals surface area contributed by atoms with Crippen molar-refractivity contribution in [2.75, 3.05) is 6.79 Å². The van der Waals surface area contributed by atoms with Crippen molar-refractivity contribution in [1.29, 1.82) is 0 Å². The lowest BCUT2D eigenvalue weighted by molar-refractivity contribution is 0.0946. The van der Waals surface area contributed by atoms with Crippen molar-refractivity contribution in [3.05, 3.63) is 94.5 Å². The Labute approximate surface area is 197 Å². The number of nitrogens with one attached hydrogen (secondary N) is 1. The molecule has 0 aliphatic carbocycles. The molecule has 1 aliphatic rings. The lowest BCUT2D eigenvalue weighted by Crippen LogP contribution is -2.23. The van der Waals surface area contributed by atoms with Gasteiger partial charge in [-0.2, -0.15) is 0 Å². The normalized spacial score (nSPS) is 11.9. The molecule has 5 rings (SSSR count). The summed E-state index contributed by atoms with van der Waals surface area (Å²) in [5.41, 5.74) is 2.06. The highest BCUT2D eigenvalue weighted by Gasteiger charge is 2.15. The van der Waals surface area contributed by atoms with E-state index in [0.717, 1.165) is 29.3 Å². The summed E-state index contributed by atoms with van der Waals surface area (Å²) in [5, 5.41) is 5.16. The fourth-order valence-corrected chi connectivity index (χ4v) is 4.17. The van der Waals surface area contributed by atoms with Crippen LogP contribution >= 0.6 is 11.3 Å². The Morgan fingerprint density at radius 2 is 1.94 bits per heavy atom. The number of ether oxygens (including phenoxy) is 3. The van der Waals surface area contributed by atoms with Crippen LogP contribution in [0.25, 0.3) is 10.6 Å². The molecular weight excluding hydrogens is 462 g/mol. The van der Waals surface area contributed by atoms with Crippen LogP contribution in [0.1, 0.15) is 21.6 Å². The largest absolute Gasteiger partial charge is 0.489 e. The third-order valence-corrected chi connectivity index (χ3v) is 6.00. The monoisotopic (exact) mass is 480 g/mol. The van der Waals surface area contributed by atoms with Gasteiger partial charge in [-0.1, -0.05) is 18.2 Å². The molecule has 0 unspecified atom stereocenters. The van der Waals surface area contributed by atoms with Crippen LogP contribution < -0.4 is 19.5 Å². The van der Waals surface area contributed by atoms with Crippen LogP contribution in [0.2, 0.25) is 0 Å². The standard InChI is InChI=1S/C25H18F2N2O4S/c26-18-5-6-20(27)17(9-18)12-31-19-3-1-2-16(10-19)25-29-21(13-34-25)24(30)28-11-15-4-7-22-23(8-15)33-14-32-22/h1-10,13H,11-12,14H2,(H,28,30). The van der Waals surface area contributed by atoms with E-state index in [1.54, 1.807) is 23.6 Å². The highest BCUT2D eigenvalue weighted by molar-refractivity contribution is 7.13. The average Bonchev–Trinajstić information content (AvgIpc) is 3.53. The summed E-state index contributed by atoms with van der Waals surface area (Å²) in [4.78, 5) is 17.0. The molecule has 1 aromatic heterocycles. The van der Waals surface area contributed by atoms with Gasteiger partial charge in [0, 0.05) is 23.1 Å². The molecule has 0 fully saturated rings. The number of thiazole rings is 1. The van der Waals surface area contributed by atoms with Gasteiger partial charge in [0.25, 0.3) is 5.91 Å². The zero-order valence-electron chi connectivity index (χ0n) is 17.7. The molecule has 1 amide bonds. The van der Waals surface area contributed by atoms with Crippen molar-refractivity contribution in [2.45, 2.75) is 13.2 Å². The number of halogens is 2. The number of hydrogen-bond donors (Lipinski definition) is 1. The van der Waals surface area contributed by atoms with Crippen molar-refractivity contribution >= 4 is 17.2 Å². The number of carbonyl (C=O) groups excluding carboxylic acids is 1. The van der Waals surface area contributed by atoms with Crippen LogP contribution in [-0.4, -0.2) is 17.7 Å². The molecule has 0 saturated heterocycles. The number of amides is 1. The molecule has 1 aliphatic heterocycles. The second kappa shape index (κ2) is 9.48. The molecule has 0 saturated carbocycles. The number of benzene rings is 3. The molecule has 34 heavy (non-hydrogen) atoms. The summed E-state index contributed by atoms with van der Waals surface area (Å²) in [6.45, 7) is 0.404. The predicted molar refractivity (Wildman–Crippen MR) is 122 cm³/mol. The van der Waals surface area contributed by atoms with Crippen molar-refractivity contribution in [3.63, 3.8) is 0 Å². The quantitative estimate of drug-likeness (QED) is 0.387. The summed E-state index contributed by atoms with van der Waals surface area (Å²) in [6.07, 6.45) is 0. The van der Waals surface area contributed by atoms with Gasteiger partial charge in [-0.25, -0.2) is 13.8 Å². The third-order valence-electron chi connectivity index (χ3n) is 5.11. The smallest absolute Gasteiger partial charge is 0.271 e.